The third-order valence-electron chi connectivity index (χ3n) is 3.82. The number of rotatable bonds is 8. The first-order chi connectivity index (χ1) is 9.56. The van der Waals surface area contributed by atoms with Crippen molar-refractivity contribution < 1.29 is 23.5 Å². The minimum absolute atomic E-state index is 0.0936. The molecule has 21 heavy (non-hydrogen) atoms. The van der Waals surface area contributed by atoms with Crippen LogP contribution in [-0.2, 0) is 23.5 Å². The lowest BCUT2D eigenvalue weighted by Gasteiger charge is -2.36. The predicted molar refractivity (Wildman–Crippen MR) is 84.5 cm³/mol. The van der Waals surface area contributed by atoms with Gasteiger partial charge in [0, 0.05) is 6.61 Å². The molecule has 0 spiro atoms. The zero-order valence-corrected chi connectivity index (χ0v) is 15.4. The second-order valence-electron chi connectivity index (χ2n) is 6.45. The van der Waals surface area contributed by atoms with Crippen LogP contribution in [0.15, 0.2) is 0 Å². The second-order valence-corrected chi connectivity index (χ2v) is 11.3. The fourth-order valence-electron chi connectivity index (χ4n) is 1.47. The normalized spacial score (nSPS) is 12.4. The average Bonchev–Trinajstić information content (AvgIpc) is 2.33. The summed E-state index contributed by atoms with van der Waals surface area (Å²) in [5.74, 6) is -1.96. The molecule has 0 aliphatic carbocycles. The minimum Gasteiger partial charge on any atom is -0.465 e. The molecule has 0 fully saturated rings. The Bertz CT molecular complexity index is 328. The molecule has 0 aromatic rings. The SMILES string of the molecule is CCOC(=O)C(CCO[Si](C)(C)C(C)(C)C)C(=O)OCC. The van der Waals surface area contributed by atoms with Crippen molar-refractivity contribution in [3.63, 3.8) is 0 Å². The highest BCUT2D eigenvalue weighted by molar-refractivity contribution is 6.74. The third-order valence-corrected chi connectivity index (χ3v) is 8.36. The van der Waals surface area contributed by atoms with E-state index in [1.165, 1.54) is 0 Å². The van der Waals surface area contributed by atoms with Crippen LogP contribution in [0, 0.1) is 5.92 Å². The van der Waals surface area contributed by atoms with Crippen LogP contribution in [0.5, 0.6) is 0 Å². The highest BCUT2D eigenvalue weighted by Gasteiger charge is 2.38. The summed E-state index contributed by atoms with van der Waals surface area (Å²) < 4.78 is 15.9. The van der Waals surface area contributed by atoms with Gasteiger partial charge in [0.2, 0.25) is 0 Å². The molecule has 0 radical (unpaired) electrons. The lowest BCUT2D eigenvalue weighted by Crippen LogP contribution is -2.41. The van der Waals surface area contributed by atoms with E-state index in [0.29, 0.717) is 13.0 Å². The van der Waals surface area contributed by atoms with E-state index in [0.717, 1.165) is 0 Å². The van der Waals surface area contributed by atoms with Gasteiger partial charge in [0.25, 0.3) is 0 Å². The van der Waals surface area contributed by atoms with Crippen LogP contribution in [-0.4, -0.2) is 40.1 Å². The molecule has 0 N–H and O–H groups in total. The van der Waals surface area contributed by atoms with Gasteiger partial charge in [-0.15, -0.1) is 0 Å². The Morgan fingerprint density at radius 2 is 1.43 bits per heavy atom. The predicted octanol–water partition coefficient (Wildman–Crippen LogP) is 3.14. The standard InChI is InChI=1S/C15H30O5Si/c1-8-18-13(16)12(14(17)19-9-2)10-11-20-21(6,7)15(3,4)5/h12H,8-11H2,1-7H3. The fraction of sp³-hybridized carbons (Fsp3) is 0.867. The van der Waals surface area contributed by atoms with Crippen molar-refractivity contribution >= 4 is 20.3 Å². The summed E-state index contributed by atoms with van der Waals surface area (Å²) >= 11 is 0. The Hall–Kier alpha value is -0.883. The smallest absolute Gasteiger partial charge is 0.320 e. The van der Waals surface area contributed by atoms with Crippen molar-refractivity contribution in [3.05, 3.63) is 0 Å². The van der Waals surface area contributed by atoms with Gasteiger partial charge in [-0.1, -0.05) is 20.8 Å². The quantitative estimate of drug-likeness (QED) is 0.391. The highest BCUT2D eigenvalue weighted by atomic mass is 28.4. The molecule has 0 bridgehead atoms. The van der Waals surface area contributed by atoms with Gasteiger partial charge in [0.05, 0.1) is 13.2 Å². The number of esters is 2. The molecule has 0 unspecified atom stereocenters. The molecule has 0 aliphatic rings. The molecular weight excluding hydrogens is 288 g/mol. The summed E-state index contributed by atoms with van der Waals surface area (Å²) in [5, 5.41) is 0.0936. The number of carbonyl (C=O) groups excluding carboxylic acids is 2. The molecular formula is C15H30O5Si. The first-order valence-electron chi connectivity index (χ1n) is 7.54. The Balaban J connectivity index is 4.63. The van der Waals surface area contributed by atoms with Crippen LogP contribution in [0.25, 0.3) is 0 Å². The lowest BCUT2D eigenvalue weighted by atomic mass is 10.1. The van der Waals surface area contributed by atoms with Gasteiger partial charge in [-0.05, 0) is 38.4 Å². The van der Waals surface area contributed by atoms with Gasteiger partial charge in [-0.2, -0.15) is 0 Å². The van der Waals surface area contributed by atoms with E-state index in [4.69, 9.17) is 13.9 Å². The summed E-state index contributed by atoms with van der Waals surface area (Å²) in [6, 6.07) is 0. The topological polar surface area (TPSA) is 61.8 Å². The fourth-order valence-corrected chi connectivity index (χ4v) is 2.53. The van der Waals surface area contributed by atoms with Gasteiger partial charge >= 0.3 is 11.9 Å². The van der Waals surface area contributed by atoms with Crippen molar-refractivity contribution in [1.82, 2.24) is 0 Å². The monoisotopic (exact) mass is 318 g/mol. The maximum atomic E-state index is 11.8. The molecule has 124 valence electrons. The van der Waals surface area contributed by atoms with Crippen LogP contribution in [0.4, 0.5) is 0 Å². The lowest BCUT2D eigenvalue weighted by molar-refractivity contribution is -0.162. The second kappa shape index (κ2) is 8.53. The van der Waals surface area contributed by atoms with Gasteiger partial charge in [0.15, 0.2) is 14.2 Å². The first-order valence-corrected chi connectivity index (χ1v) is 10.4. The highest BCUT2D eigenvalue weighted by Crippen LogP contribution is 2.36. The van der Waals surface area contributed by atoms with E-state index >= 15 is 0 Å². The van der Waals surface area contributed by atoms with Gasteiger partial charge in [-0.3, -0.25) is 9.59 Å². The molecule has 6 heteroatoms. The molecule has 0 aromatic carbocycles. The molecule has 5 nitrogen and oxygen atoms in total. The minimum atomic E-state index is -1.88. The van der Waals surface area contributed by atoms with Crippen LogP contribution in [0.1, 0.15) is 41.0 Å². The van der Waals surface area contributed by atoms with Crippen LogP contribution < -0.4 is 0 Å². The Kier molecular flexibility index (Phi) is 8.17. The summed E-state index contributed by atoms with van der Waals surface area (Å²) in [5.41, 5.74) is 0. The zero-order chi connectivity index (χ0) is 16.7. The van der Waals surface area contributed by atoms with Crippen LogP contribution >= 0.6 is 0 Å². The van der Waals surface area contributed by atoms with E-state index in [9.17, 15) is 9.59 Å². The Morgan fingerprint density at radius 3 is 1.76 bits per heavy atom. The first kappa shape index (κ1) is 20.1. The van der Waals surface area contributed by atoms with Crippen molar-refractivity contribution in [1.29, 1.82) is 0 Å². The molecule has 0 rings (SSSR count). The van der Waals surface area contributed by atoms with Crippen LogP contribution in [0.3, 0.4) is 0 Å². The molecule has 0 amide bonds. The van der Waals surface area contributed by atoms with Gasteiger partial charge < -0.3 is 13.9 Å². The molecule has 0 heterocycles. The van der Waals surface area contributed by atoms with E-state index in [2.05, 4.69) is 33.9 Å². The molecule has 0 aliphatic heterocycles. The van der Waals surface area contributed by atoms with Gasteiger partial charge in [-0.25, -0.2) is 0 Å². The third kappa shape index (κ3) is 6.61. The number of carbonyl (C=O) groups is 2. The van der Waals surface area contributed by atoms with Crippen molar-refractivity contribution in [2.45, 2.75) is 59.2 Å². The number of hydrogen-bond donors (Lipinski definition) is 0. The summed E-state index contributed by atoms with van der Waals surface area (Å²) in [4.78, 5) is 23.7. The summed E-state index contributed by atoms with van der Waals surface area (Å²) in [6.45, 7) is 15.0. The molecule has 0 saturated carbocycles. The maximum absolute atomic E-state index is 11.8. The van der Waals surface area contributed by atoms with E-state index in [1.807, 2.05) is 0 Å². The zero-order valence-electron chi connectivity index (χ0n) is 14.4. The average molecular weight is 318 g/mol. The number of ether oxygens (including phenoxy) is 2. The van der Waals surface area contributed by atoms with Gasteiger partial charge in [0.1, 0.15) is 0 Å². The molecule has 0 atom stereocenters. The summed E-state index contributed by atoms with van der Waals surface area (Å²) in [6.07, 6.45) is 0.296. The molecule has 0 saturated heterocycles. The van der Waals surface area contributed by atoms with Crippen LogP contribution in [0.2, 0.25) is 18.1 Å². The van der Waals surface area contributed by atoms with Crippen molar-refractivity contribution in [2.24, 2.45) is 5.92 Å². The summed E-state index contributed by atoms with van der Waals surface area (Å²) in [7, 11) is -1.88. The number of hydrogen-bond acceptors (Lipinski definition) is 5. The Labute approximate surface area is 129 Å². The Morgan fingerprint density at radius 1 is 1.00 bits per heavy atom. The largest absolute Gasteiger partial charge is 0.465 e. The molecule has 0 aromatic heterocycles. The van der Waals surface area contributed by atoms with Crippen molar-refractivity contribution in [3.8, 4) is 0 Å². The maximum Gasteiger partial charge on any atom is 0.320 e. The van der Waals surface area contributed by atoms with E-state index in [-0.39, 0.29) is 18.3 Å². The van der Waals surface area contributed by atoms with E-state index < -0.39 is 26.2 Å². The van der Waals surface area contributed by atoms with E-state index in [1.54, 1.807) is 13.8 Å². The van der Waals surface area contributed by atoms with Crippen molar-refractivity contribution in [2.75, 3.05) is 19.8 Å².